The average molecular weight is 355 g/mol. The van der Waals surface area contributed by atoms with Crippen molar-refractivity contribution in [2.24, 2.45) is 0 Å². The highest BCUT2D eigenvalue weighted by molar-refractivity contribution is 7.91. The summed E-state index contributed by atoms with van der Waals surface area (Å²) >= 11 is 0. The second kappa shape index (κ2) is 7.65. The molecule has 1 saturated heterocycles. The molecule has 0 aliphatic carbocycles. The molecule has 8 heteroatoms. The van der Waals surface area contributed by atoms with Crippen molar-refractivity contribution >= 4 is 21.7 Å². The summed E-state index contributed by atoms with van der Waals surface area (Å²) in [5.41, 5.74) is 1.98. The second-order valence-corrected chi connectivity index (χ2v) is 8.04. The summed E-state index contributed by atoms with van der Waals surface area (Å²) < 4.78 is 32.8. The van der Waals surface area contributed by atoms with Crippen LogP contribution in [0.3, 0.4) is 0 Å². The van der Waals surface area contributed by atoms with E-state index in [0.717, 1.165) is 11.1 Å². The Bertz CT molecular complexity index is 728. The lowest BCUT2D eigenvalue weighted by Crippen LogP contribution is -2.38. The van der Waals surface area contributed by atoms with Gasteiger partial charge in [-0.15, -0.1) is 0 Å². The van der Waals surface area contributed by atoms with Crippen LogP contribution in [0.1, 0.15) is 17.5 Å². The van der Waals surface area contributed by atoms with Crippen molar-refractivity contribution < 1.29 is 27.5 Å². The summed E-state index contributed by atoms with van der Waals surface area (Å²) in [7, 11) is -3.06. The largest absolute Gasteiger partial charge is 0.482 e. The number of benzene rings is 1. The Morgan fingerprint density at radius 3 is 2.67 bits per heavy atom. The fourth-order valence-electron chi connectivity index (χ4n) is 2.38. The van der Waals surface area contributed by atoms with Gasteiger partial charge >= 0.3 is 5.97 Å². The predicted octanol–water partition coefficient (Wildman–Crippen LogP) is 0.529. The van der Waals surface area contributed by atoms with Gasteiger partial charge < -0.3 is 14.8 Å². The second-order valence-electron chi connectivity index (χ2n) is 5.81. The topological polar surface area (TPSA) is 98.8 Å². The van der Waals surface area contributed by atoms with Crippen LogP contribution in [0.15, 0.2) is 18.2 Å². The van der Waals surface area contributed by atoms with Crippen molar-refractivity contribution in [3.8, 4) is 5.75 Å². The van der Waals surface area contributed by atoms with Crippen molar-refractivity contribution in [3.05, 3.63) is 29.3 Å². The first-order valence-electron chi connectivity index (χ1n) is 7.61. The molecule has 1 amide bonds. The summed E-state index contributed by atoms with van der Waals surface area (Å²) in [4.78, 5) is 23.3. The molecule has 0 bridgehead atoms. The van der Waals surface area contributed by atoms with Crippen molar-refractivity contribution in [2.75, 3.05) is 24.7 Å². The molecule has 1 N–H and O–H groups in total. The van der Waals surface area contributed by atoms with E-state index in [4.69, 9.17) is 9.47 Å². The third-order valence-electron chi connectivity index (χ3n) is 3.86. The monoisotopic (exact) mass is 355 g/mol. The summed E-state index contributed by atoms with van der Waals surface area (Å²) in [6.45, 7) is 3.08. The van der Waals surface area contributed by atoms with Gasteiger partial charge in [-0.1, -0.05) is 12.1 Å². The first-order chi connectivity index (χ1) is 11.3. The Labute approximate surface area is 141 Å². The SMILES string of the molecule is Cc1cccc(OCC(=O)OCC(=O)N[C@@H]2CCS(=O)(=O)C2)c1C. The van der Waals surface area contributed by atoms with Gasteiger partial charge in [-0.2, -0.15) is 0 Å². The normalized spacial score (nSPS) is 18.8. The predicted molar refractivity (Wildman–Crippen MR) is 87.6 cm³/mol. The third-order valence-corrected chi connectivity index (χ3v) is 5.63. The van der Waals surface area contributed by atoms with Gasteiger partial charge in [0, 0.05) is 6.04 Å². The Morgan fingerprint density at radius 2 is 2.00 bits per heavy atom. The molecule has 24 heavy (non-hydrogen) atoms. The molecule has 0 aromatic heterocycles. The molecular formula is C16H21NO6S. The molecule has 1 aliphatic rings. The zero-order chi connectivity index (χ0) is 17.7. The number of rotatable bonds is 6. The Kier molecular flexibility index (Phi) is 5.82. The lowest BCUT2D eigenvalue weighted by molar-refractivity contribution is -0.150. The fourth-order valence-corrected chi connectivity index (χ4v) is 4.06. The minimum atomic E-state index is -3.06. The van der Waals surface area contributed by atoms with Gasteiger partial charge in [-0.05, 0) is 37.5 Å². The van der Waals surface area contributed by atoms with Gasteiger partial charge in [-0.25, -0.2) is 13.2 Å². The van der Waals surface area contributed by atoms with Crippen LogP contribution in [0.5, 0.6) is 5.75 Å². The molecule has 1 atom stereocenters. The van der Waals surface area contributed by atoms with Crippen molar-refractivity contribution in [3.63, 3.8) is 0 Å². The first kappa shape index (κ1) is 18.3. The van der Waals surface area contributed by atoms with E-state index >= 15 is 0 Å². The van der Waals surface area contributed by atoms with Crippen LogP contribution in [0, 0.1) is 13.8 Å². The van der Waals surface area contributed by atoms with Gasteiger partial charge in [-0.3, -0.25) is 4.79 Å². The van der Waals surface area contributed by atoms with Gasteiger partial charge in [0.05, 0.1) is 11.5 Å². The van der Waals surface area contributed by atoms with Crippen LogP contribution in [0.2, 0.25) is 0 Å². The molecular weight excluding hydrogens is 334 g/mol. The van der Waals surface area contributed by atoms with Gasteiger partial charge in [0.1, 0.15) is 5.75 Å². The lowest BCUT2D eigenvalue weighted by Gasteiger charge is -2.12. The number of amides is 1. The maximum absolute atomic E-state index is 11.7. The smallest absolute Gasteiger partial charge is 0.344 e. The highest BCUT2D eigenvalue weighted by atomic mass is 32.2. The number of carbonyl (C=O) groups is 2. The van der Waals surface area contributed by atoms with Crippen molar-refractivity contribution in [1.29, 1.82) is 0 Å². The molecule has 0 radical (unpaired) electrons. The van der Waals surface area contributed by atoms with Crippen LogP contribution in [-0.2, 0) is 24.2 Å². The zero-order valence-corrected chi connectivity index (χ0v) is 14.5. The third kappa shape index (κ3) is 5.23. The van der Waals surface area contributed by atoms with Crippen LogP contribution in [-0.4, -0.2) is 51.1 Å². The first-order valence-corrected chi connectivity index (χ1v) is 9.43. The number of carbonyl (C=O) groups excluding carboxylic acids is 2. The van der Waals surface area contributed by atoms with Crippen molar-refractivity contribution in [2.45, 2.75) is 26.3 Å². The van der Waals surface area contributed by atoms with E-state index in [-0.39, 0.29) is 18.1 Å². The van der Waals surface area contributed by atoms with Crippen LogP contribution < -0.4 is 10.1 Å². The van der Waals surface area contributed by atoms with Crippen LogP contribution >= 0.6 is 0 Å². The molecule has 1 heterocycles. The van der Waals surface area contributed by atoms with E-state index in [9.17, 15) is 18.0 Å². The molecule has 7 nitrogen and oxygen atoms in total. The minimum absolute atomic E-state index is 0.0670. The maximum atomic E-state index is 11.7. The van der Waals surface area contributed by atoms with E-state index in [2.05, 4.69) is 5.32 Å². The molecule has 1 aromatic carbocycles. The molecule has 2 rings (SSSR count). The molecule has 1 aliphatic heterocycles. The summed E-state index contributed by atoms with van der Waals surface area (Å²) in [5.74, 6) is -0.584. The quantitative estimate of drug-likeness (QED) is 0.748. The lowest BCUT2D eigenvalue weighted by atomic mass is 10.1. The van der Waals surface area contributed by atoms with Crippen molar-refractivity contribution in [1.82, 2.24) is 5.32 Å². The number of hydrogen-bond acceptors (Lipinski definition) is 6. The minimum Gasteiger partial charge on any atom is -0.482 e. The number of esters is 1. The Hall–Kier alpha value is -2.09. The Morgan fingerprint density at radius 1 is 1.25 bits per heavy atom. The van der Waals surface area contributed by atoms with Crippen LogP contribution in [0.25, 0.3) is 0 Å². The van der Waals surface area contributed by atoms with E-state index in [1.807, 2.05) is 26.0 Å². The molecule has 0 unspecified atom stereocenters. The van der Waals surface area contributed by atoms with Gasteiger partial charge in [0.2, 0.25) is 0 Å². The molecule has 1 aromatic rings. The number of aryl methyl sites for hydroxylation is 1. The van der Waals surface area contributed by atoms with Crippen LogP contribution in [0.4, 0.5) is 0 Å². The number of hydrogen-bond donors (Lipinski definition) is 1. The van der Waals surface area contributed by atoms with E-state index < -0.39 is 34.4 Å². The van der Waals surface area contributed by atoms with Gasteiger partial charge in [0.15, 0.2) is 23.1 Å². The zero-order valence-electron chi connectivity index (χ0n) is 13.7. The molecule has 1 fully saturated rings. The summed E-state index contributed by atoms with van der Waals surface area (Å²) in [5, 5.41) is 2.54. The van der Waals surface area contributed by atoms with E-state index in [0.29, 0.717) is 12.2 Å². The van der Waals surface area contributed by atoms with Gasteiger partial charge in [0.25, 0.3) is 5.91 Å². The molecule has 0 spiro atoms. The molecule has 0 saturated carbocycles. The number of nitrogens with one attached hydrogen (secondary N) is 1. The fraction of sp³-hybridized carbons (Fsp3) is 0.500. The summed E-state index contributed by atoms with van der Waals surface area (Å²) in [6.07, 6.45) is 0.387. The van der Waals surface area contributed by atoms with E-state index in [1.54, 1.807) is 6.07 Å². The standard InChI is InChI=1S/C16H21NO6S/c1-11-4-3-5-14(12(11)2)22-9-16(19)23-8-15(18)17-13-6-7-24(20,21)10-13/h3-5,13H,6-10H2,1-2H3,(H,17,18)/t13-/m1/s1. The average Bonchev–Trinajstić information content (AvgIpc) is 2.85. The molecule has 132 valence electrons. The number of ether oxygens (including phenoxy) is 2. The maximum Gasteiger partial charge on any atom is 0.344 e. The Balaban J connectivity index is 1.71. The highest BCUT2D eigenvalue weighted by Gasteiger charge is 2.29. The number of sulfone groups is 1. The highest BCUT2D eigenvalue weighted by Crippen LogP contribution is 2.20. The summed E-state index contributed by atoms with van der Waals surface area (Å²) in [6, 6.07) is 5.11. The van der Waals surface area contributed by atoms with E-state index in [1.165, 1.54) is 0 Å².